The van der Waals surface area contributed by atoms with Crippen LogP contribution >= 0.6 is 0 Å². The first-order valence-corrected chi connectivity index (χ1v) is 7.81. The molecule has 2 aromatic rings. The fraction of sp³-hybridized carbons (Fsp3) is 0.438. The Morgan fingerprint density at radius 3 is 2.45 bits per heavy atom. The molecular formula is C16H19N5O. The molecule has 1 saturated carbocycles. The smallest absolute Gasteiger partial charge is 0.270 e. The van der Waals surface area contributed by atoms with Gasteiger partial charge >= 0.3 is 0 Å². The molecule has 22 heavy (non-hydrogen) atoms. The maximum absolute atomic E-state index is 12.7. The van der Waals surface area contributed by atoms with Gasteiger partial charge in [0.05, 0.1) is 0 Å². The second kappa shape index (κ2) is 5.44. The molecule has 0 bridgehead atoms. The SMILES string of the molecule is O=C(c1cccn1C1CC1)N1CCN(c2ncccn2)CC1. The minimum absolute atomic E-state index is 0.144. The van der Waals surface area contributed by atoms with Crippen molar-refractivity contribution in [2.45, 2.75) is 18.9 Å². The summed E-state index contributed by atoms with van der Waals surface area (Å²) in [5.41, 5.74) is 0.826. The van der Waals surface area contributed by atoms with Crippen LogP contribution in [0.1, 0.15) is 29.4 Å². The highest BCUT2D eigenvalue weighted by Gasteiger charge is 2.30. The van der Waals surface area contributed by atoms with E-state index in [1.807, 2.05) is 29.3 Å². The number of hydrogen-bond donors (Lipinski definition) is 0. The van der Waals surface area contributed by atoms with Gasteiger partial charge in [-0.25, -0.2) is 9.97 Å². The van der Waals surface area contributed by atoms with Crippen molar-refractivity contribution in [1.82, 2.24) is 19.4 Å². The van der Waals surface area contributed by atoms with Crippen LogP contribution in [0.2, 0.25) is 0 Å². The van der Waals surface area contributed by atoms with Crippen LogP contribution in [0.15, 0.2) is 36.8 Å². The third-order valence-corrected chi connectivity index (χ3v) is 4.34. The fourth-order valence-electron chi connectivity index (χ4n) is 2.97. The lowest BCUT2D eigenvalue weighted by atomic mass is 10.3. The molecule has 0 N–H and O–H groups in total. The van der Waals surface area contributed by atoms with Gasteiger partial charge in [0.15, 0.2) is 0 Å². The molecular weight excluding hydrogens is 278 g/mol. The first-order chi connectivity index (χ1) is 10.8. The Balaban J connectivity index is 1.43. The van der Waals surface area contributed by atoms with Crippen molar-refractivity contribution < 1.29 is 4.79 Å². The first-order valence-electron chi connectivity index (χ1n) is 7.81. The standard InChI is InChI=1S/C16H19N5O/c22-15(14-3-1-8-21(14)13-4-5-13)19-9-11-20(12-10-19)16-17-6-2-7-18-16/h1-3,6-8,13H,4-5,9-12H2. The van der Waals surface area contributed by atoms with Gasteiger partial charge in [-0.1, -0.05) is 0 Å². The molecule has 114 valence electrons. The zero-order chi connectivity index (χ0) is 14.9. The molecule has 2 aromatic heterocycles. The number of nitrogens with zero attached hydrogens (tertiary/aromatic N) is 5. The summed E-state index contributed by atoms with van der Waals surface area (Å²) >= 11 is 0. The average molecular weight is 297 g/mol. The Morgan fingerprint density at radius 2 is 1.77 bits per heavy atom. The third kappa shape index (κ3) is 2.45. The summed E-state index contributed by atoms with van der Waals surface area (Å²) in [5.74, 6) is 0.890. The summed E-state index contributed by atoms with van der Waals surface area (Å²) in [6.45, 7) is 2.99. The van der Waals surface area contributed by atoms with Gasteiger partial charge in [-0.05, 0) is 31.0 Å². The van der Waals surface area contributed by atoms with Crippen molar-refractivity contribution in [2.24, 2.45) is 0 Å². The Labute approximate surface area is 129 Å². The quantitative estimate of drug-likeness (QED) is 0.863. The molecule has 1 saturated heterocycles. The van der Waals surface area contributed by atoms with Gasteiger partial charge in [0.2, 0.25) is 5.95 Å². The number of piperazine rings is 1. The van der Waals surface area contributed by atoms with E-state index in [0.29, 0.717) is 19.1 Å². The van der Waals surface area contributed by atoms with Crippen LogP contribution in [0.25, 0.3) is 0 Å². The zero-order valence-corrected chi connectivity index (χ0v) is 12.4. The van der Waals surface area contributed by atoms with Crippen LogP contribution in [-0.4, -0.2) is 51.5 Å². The molecule has 0 atom stereocenters. The van der Waals surface area contributed by atoms with Crippen LogP contribution in [0, 0.1) is 0 Å². The molecule has 3 heterocycles. The maximum Gasteiger partial charge on any atom is 0.270 e. The Morgan fingerprint density at radius 1 is 1.05 bits per heavy atom. The van der Waals surface area contributed by atoms with E-state index in [1.165, 1.54) is 12.8 Å². The largest absolute Gasteiger partial charge is 0.340 e. The van der Waals surface area contributed by atoms with Crippen molar-refractivity contribution in [3.05, 3.63) is 42.5 Å². The van der Waals surface area contributed by atoms with E-state index >= 15 is 0 Å². The second-order valence-electron chi connectivity index (χ2n) is 5.86. The highest BCUT2D eigenvalue weighted by molar-refractivity contribution is 5.93. The van der Waals surface area contributed by atoms with Crippen molar-refractivity contribution in [3.63, 3.8) is 0 Å². The van der Waals surface area contributed by atoms with Gasteiger partial charge < -0.3 is 14.4 Å². The summed E-state index contributed by atoms with van der Waals surface area (Å²) < 4.78 is 2.13. The lowest BCUT2D eigenvalue weighted by Crippen LogP contribution is -2.49. The van der Waals surface area contributed by atoms with E-state index in [4.69, 9.17) is 0 Å². The molecule has 4 rings (SSSR count). The molecule has 0 unspecified atom stereocenters. The third-order valence-electron chi connectivity index (χ3n) is 4.34. The summed E-state index contributed by atoms with van der Waals surface area (Å²) in [6, 6.07) is 6.26. The number of aromatic nitrogens is 3. The van der Waals surface area contributed by atoms with Crippen LogP contribution < -0.4 is 4.90 Å². The van der Waals surface area contributed by atoms with Gasteiger partial charge in [0.25, 0.3) is 5.91 Å². The number of amides is 1. The highest BCUT2D eigenvalue weighted by Crippen LogP contribution is 2.36. The lowest BCUT2D eigenvalue weighted by Gasteiger charge is -2.34. The molecule has 0 aromatic carbocycles. The van der Waals surface area contributed by atoms with Crippen LogP contribution in [-0.2, 0) is 0 Å². The number of carbonyl (C=O) groups excluding carboxylic acids is 1. The van der Waals surface area contributed by atoms with Crippen molar-refractivity contribution in [1.29, 1.82) is 0 Å². The van der Waals surface area contributed by atoms with Crippen molar-refractivity contribution in [2.75, 3.05) is 31.1 Å². The van der Waals surface area contributed by atoms with Gasteiger partial charge in [0, 0.05) is 50.8 Å². The van der Waals surface area contributed by atoms with Crippen LogP contribution in [0.3, 0.4) is 0 Å². The highest BCUT2D eigenvalue weighted by atomic mass is 16.2. The molecule has 0 radical (unpaired) electrons. The number of anilines is 1. The van der Waals surface area contributed by atoms with E-state index in [1.54, 1.807) is 12.4 Å². The molecule has 1 aliphatic carbocycles. The molecule has 0 spiro atoms. The molecule has 2 fully saturated rings. The Kier molecular flexibility index (Phi) is 3.29. The predicted molar refractivity (Wildman–Crippen MR) is 82.9 cm³/mol. The summed E-state index contributed by atoms with van der Waals surface area (Å²) in [5, 5.41) is 0. The molecule has 1 amide bonds. The molecule has 6 nitrogen and oxygen atoms in total. The fourth-order valence-corrected chi connectivity index (χ4v) is 2.97. The number of hydrogen-bond acceptors (Lipinski definition) is 4. The van der Waals surface area contributed by atoms with Crippen LogP contribution in [0.4, 0.5) is 5.95 Å². The van der Waals surface area contributed by atoms with Gasteiger partial charge in [-0.15, -0.1) is 0 Å². The lowest BCUT2D eigenvalue weighted by molar-refractivity contribution is 0.0735. The normalized spacial score (nSPS) is 18.5. The summed E-state index contributed by atoms with van der Waals surface area (Å²) in [6.07, 6.45) is 7.91. The molecule has 2 aliphatic rings. The van der Waals surface area contributed by atoms with Crippen LogP contribution in [0.5, 0.6) is 0 Å². The minimum atomic E-state index is 0.144. The second-order valence-corrected chi connectivity index (χ2v) is 5.86. The molecule has 6 heteroatoms. The van der Waals surface area contributed by atoms with Crippen molar-refractivity contribution in [3.8, 4) is 0 Å². The van der Waals surface area contributed by atoms with E-state index in [9.17, 15) is 4.79 Å². The minimum Gasteiger partial charge on any atom is -0.340 e. The van der Waals surface area contributed by atoms with Gasteiger partial charge in [-0.2, -0.15) is 0 Å². The number of carbonyl (C=O) groups is 1. The average Bonchev–Trinajstić information content (AvgIpc) is 3.32. The van der Waals surface area contributed by atoms with E-state index in [-0.39, 0.29) is 5.91 Å². The summed E-state index contributed by atoms with van der Waals surface area (Å²) in [7, 11) is 0. The van der Waals surface area contributed by atoms with E-state index < -0.39 is 0 Å². The van der Waals surface area contributed by atoms with E-state index in [0.717, 1.165) is 24.7 Å². The maximum atomic E-state index is 12.7. The van der Waals surface area contributed by atoms with Gasteiger partial charge in [0.1, 0.15) is 5.69 Å². The summed E-state index contributed by atoms with van der Waals surface area (Å²) in [4.78, 5) is 25.3. The van der Waals surface area contributed by atoms with E-state index in [2.05, 4.69) is 19.4 Å². The monoisotopic (exact) mass is 297 g/mol. The van der Waals surface area contributed by atoms with Gasteiger partial charge in [-0.3, -0.25) is 4.79 Å². The topological polar surface area (TPSA) is 54.3 Å². The predicted octanol–water partition coefficient (Wildman–Crippen LogP) is 1.58. The Hall–Kier alpha value is -2.37. The van der Waals surface area contributed by atoms with Crippen molar-refractivity contribution >= 4 is 11.9 Å². The zero-order valence-electron chi connectivity index (χ0n) is 12.4. The first kappa shape index (κ1) is 13.3. The molecule has 1 aliphatic heterocycles. The number of rotatable bonds is 3. The Bertz CT molecular complexity index is 656.